The number of Topliss-reactive ketones (excluding diaryl/α,β-unsaturated/α-hetero) is 1. The summed E-state index contributed by atoms with van der Waals surface area (Å²) >= 11 is 0. The normalized spacial score (nSPS) is 11.5. The van der Waals surface area contributed by atoms with Crippen LogP contribution in [0.15, 0.2) is 30.8 Å². The number of nitrogens with zero attached hydrogens (tertiary/aromatic N) is 2. The summed E-state index contributed by atoms with van der Waals surface area (Å²) in [6.45, 7) is 19.3. The van der Waals surface area contributed by atoms with Crippen LogP contribution in [0, 0.1) is 12.3 Å². The molecule has 0 bridgehead atoms. The van der Waals surface area contributed by atoms with E-state index < -0.39 is 0 Å². The van der Waals surface area contributed by atoms with Gasteiger partial charge in [-0.05, 0) is 67.9 Å². The van der Waals surface area contributed by atoms with Crippen molar-refractivity contribution in [1.82, 2.24) is 9.78 Å². The fourth-order valence-corrected chi connectivity index (χ4v) is 3.64. The number of nitrogens with one attached hydrogen (secondary N) is 1. The molecule has 6 nitrogen and oxygen atoms in total. The number of carbonyl (C=O) groups excluding carboxylic acids is 1. The molecular formula is C29H43N3O3. The first-order valence-corrected chi connectivity index (χ1v) is 12.8. The van der Waals surface area contributed by atoms with E-state index in [9.17, 15) is 4.79 Å². The lowest BCUT2D eigenvalue weighted by Crippen LogP contribution is -2.25. The van der Waals surface area contributed by atoms with Gasteiger partial charge in [0.05, 0.1) is 12.7 Å². The van der Waals surface area contributed by atoms with Crippen LogP contribution in [0.1, 0.15) is 102 Å². The Labute approximate surface area is 210 Å². The second kappa shape index (κ2) is 12.7. The summed E-state index contributed by atoms with van der Waals surface area (Å²) in [5.41, 5.74) is 3.23. The number of aryl methyl sites for hydroxylation is 1. The zero-order valence-electron chi connectivity index (χ0n) is 22.7. The van der Waals surface area contributed by atoms with E-state index in [-0.39, 0.29) is 29.2 Å². The van der Waals surface area contributed by atoms with Gasteiger partial charge in [0.2, 0.25) is 5.88 Å². The van der Waals surface area contributed by atoms with Gasteiger partial charge < -0.3 is 9.47 Å². The molecule has 1 N–H and O–H groups in total. The van der Waals surface area contributed by atoms with Gasteiger partial charge in [-0.2, -0.15) is 0 Å². The van der Waals surface area contributed by atoms with Crippen molar-refractivity contribution in [3.8, 4) is 11.6 Å². The lowest BCUT2D eigenvalue weighted by Gasteiger charge is -2.21. The summed E-state index contributed by atoms with van der Waals surface area (Å²) in [7, 11) is 0. The Morgan fingerprint density at radius 1 is 1.11 bits per heavy atom. The van der Waals surface area contributed by atoms with E-state index in [1.54, 1.807) is 6.07 Å². The Morgan fingerprint density at radius 3 is 2.40 bits per heavy atom. The maximum absolute atomic E-state index is 13.2. The fraction of sp³-hybridized carbons (Fsp3) is 0.552. The van der Waals surface area contributed by atoms with Crippen molar-refractivity contribution >= 4 is 11.5 Å². The molecule has 0 aliphatic heterocycles. The van der Waals surface area contributed by atoms with E-state index >= 15 is 0 Å². The second-order valence-electron chi connectivity index (χ2n) is 10.2. The van der Waals surface area contributed by atoms with E-state index in [0.29, 0.717) is 30.2 Å². The lowest BCUT2D eigenvalue weighted by atomic mass is 9.85. The number of hydrogen-bond acceptors (Lipinski definition) is 5. The molecule has 1 aromatic carbocycles. The lowest BCUT2D eigenvalue weighted by molar-refractivity contribution is 0.0983. The van der Waals surface area contributed by atoms with E-state index in [4.69, 9.17) is 14.9 Å². The molecule has 35 heavy (non-hydrogen) atoms. The number of allylic oxidation sites excluding steroid dienone is 1. The Morgan fingerprint density at radius 2 is 1.80 bits per heavy atom. The van der Waals surface area contributed by atoms with Crippen LogP contribution in [0.2, 0.25) is 0 Å². The largest absolute Gasteiger partial charge is 0.494 e. The molecule has 0 aliphatic carbocycles. The minimum atomic E-state index is -0.101. The summed E-state index contributed by atoms with van der Waals surface area (Å²) in [5, 5.41) is 12.9. The van der Waals surface area contributed by atoms with Crippen LogP contribution < -0.4 is 15.0 Å². The predicted molar refractivity (Wildman–Crippen MR) is 142 cm³/mol. The van der Waals surface area contributed by atoms with Gasteiger partial charge in [-0.1, -0.05) is 54.5 Å². The first kappa shape index (κ1) is 28.3. The van der Waals surface area contributed by atoms with Crippen molar-refractivity contribution in [2.45, 2.75) is 98.5 Å². The molecule has 0 fully saturated rings. The van der Waals surface area contributed by atoms with Crippen molar-refractivity contribution in [1.29, 1.82) is 5.41 Å². The maximum atomic E-state index is 13.2. The number of ether oxygens (including phenoxy) is 2. The smallest absolute Gasteiger partial charge is 0.235 e. The molecule has 0 saturated heterocycles. The number of aromatic nitrogens is 2. The molecule has 2 aromatic rings. The van der Waals surface area contributed by atoms with Crippen molar-refractivity contribution in [2.75, 3.05) is 6.61 Å². The molecule has 192 valence electrons. The standard InChI is InChI=1S/C29H43N3O3/c1-9-12-15-34-25-18-22(17-23(19-25)29(6,7)8)26(33)14-13-21(5)32-27(30)16-20(4)28(31-32)35-24(10-2)11-3/h16-19,24,30H,5,9-15H2,1-4,6-8H3. The van der Waals surface area contributed by atoms with Crippen LogP contribution in [0.4, 0.5) is 0 Å². The molecule has 0 unspecified atom stereocenters. The number of rotatable bonds is 13. The fourth-order valence-electron chi connectivity index (χ4n) is 3.64. The van der Waals surface area contributed by atoms with Crippen LogP contribution in [0.3, 0.4) is 0 Å². The van der Waals surface area contributed by atoms with Crippen LogP contribution in [0.5, 0.6) is 11.6 Å². The first-order chi connectivity index (χ1) is 16.5. The number of carbonyl (C=O) groups is 1. The summed E-state index contributed by atoms with van der Waals surface area (Å²) in [4.78, 5) is 13.2. The number of hydrogen-bond donors (Lipinski definition) is 1. The van der Waals surface area contributed by atoms with Crippen molar-refractivity contribution < 1.29 is 14.3 Å². The molecule has 0 aliphatic rings. The van der Waals surface area contributed by atoms with Gasteiger partial charge in [0.15, 0.2) is 5.78 Å². The maximum Gasteiger partial charge on any atom is 0.235 e. The molecule has 1 aromatic heterocycles. The molecule has 0 radical (unpaired) electrons. The monoisotopic (exact) mass is 481 g/mol. The van der Waals surface area contributed by atoms with Gasteiger partial charge in [0.1, 0.15) is 11.2 Å². The molecule has 0 amide bonds. The minimum absolute atomic E-state index is 0.0188. The van der Waals surface area contributed by atoms with Crippen molar-refractivity contribution in [3.05, 3.63) is 53.0 Å². The third kappa shape index (κ3) is 8.08. The summed E-state index contributed by atoms with van der Waals surface area (Å²) in [5.74, 6) is 1.26. The molecule has 2 rings (SSSR count). The van der Waals surface area contributed by atoms with E-state index in [0.717, 1.165) is 42.6 Å². The highest BCUT2D eigenvalue weighted by atomic mass is 16.5. The van der Waals surface area contributed by atoms with Gasteiger partial charge in [0, 0.05) is 23.2 Å². The SMILES string of the molecule is C=C(CCC(=O)c1cc(OCCCC)cc(C(C)(C)C)c1)n1nc(OC(CC)CC)c(C)cc1=N. The van der Waals surface area contributed by atoms with E-state index in [1.807, 2.05) is 25.1 Å². The third-order valence-electron chi connectivity index (χ3n) is 6.10. The molecule has 1 heterocycles. The zero-order chi connectivity index (χ0) is 26.2. The van der Waals surface area contributed by atoms with Crippen molar-refractivity contribution in [3.63, 3.8) is 0 Å². The summed E-state index contributed by atoms with van der Waals surface area (Å²) < 4.78 is 13.5. The summed E-state index contributed by atoms with van der Waals surface area (Å²) in [6.07, 6.45) is 4.53. The van der Waals surface area contributed by atoms with Crippen LogP contribution in [-0.4, -0.2) is 28.3 Å². The Kier molecular flexibility index (Phi) is 10.3. The molecule has 6 heteroatoms. The molecule has 0 saturated carbocycles. The predicted octanol–water partition coefficient (Wildman–Crippen LogP) is 6.85. The van der Waals surface area contributed by atoms with E-state index in [1.165, 1.54) is 4.68 Å². The minimum Gasteiger partial charge on any atom is -0.494 e. The van der Waals surface area contributed by atoms with E-state index in [2.05, 4.69) is 53.2 Å². The number of ketones is 1. The number of unbranched alkanes of at least 4 members (excludes halogenated alkanes) is 1. The molecular weight excluding hydrogens is 438 g/mol. The van der Waals surface area contributed by atoms with Crippen LogP contribution in [0.25, 0.3) is 5.70 Å². The average Bonchev–Trinajstić information content (AvgIpc) is 2.81. The quantitative estimate of drug-likeness (QED) is 0.251. The zero-order valence-corrected chi connectivity index (χ0v) is 22.7. The summed E-state index contributed by atoms with van der Waals surface area (Å²) in [6, 6.07) is 7.56. The van der Waals surface area contributed by atoms with Gasteiger partial charge in [0.25, 0.3) is 0 Å². The van der Waals surface area contributed by atoms with Gasteiger partial charge in [-0.15, -0.1) is 5.10 Å². The Hall–Kier alpha value is -2.89. The number of benzene rings is 1. The molecule has 0 spiro atoms. The van der Waals surface area contributed by atoms with Gasteiger partial charge in [-0.3, -0.25) is 10.2 Å². The highest BCUT2D eigenvalue weighted by Crippen LogP contribution is 2.29. The Bertz CT molecular complexity index is 1080. The average molecular weight is 482 g/mol. The molecule has 0 atom stereocenters. The van der Waals surface area contributed by atoms with Crippen molar-refractivity contribution in [2.24, 2.45) is 0 Å². The highest BCUT2D eigenvalue weighted by molar-refractivity contribution is 5.97. The van der Waals surface area contributed by atoms with Gasteiger partial charge >= 0.3 is 0 Å². The first-order valence-electron chi connectivity index (χ1n) is 12.8. The van der Waals surface area contributed by atoms with Crippen LogP contribution >= 0.6 is 0 Å². The third-order valence-corrected chi connectivity index (χ3v) is 6.10. The topological polar surface area (TPSA) is 77.2 Å². The highest BCUT2D eigenvalue weighted by Gasteiger charge is 2.19. The van der Waals surface area contributed by atoms with Crippen LogP contribution in [-0.2, 0) is 5.41 Å². The van der Waals surface area contributed by atoms with Gasteiger partial charge in [-0.25, -0.2) is 4.68 Å². The Balaban J connectivity index is 2.20. The second-order valence-corrected chi connectivity index (χ2v) is 10.2.